The summed E-state index contributed by atoms with van der Waals surface area (Å²) in [6.07, 6.45) is -3.82. The number of ether oxygens (including phenoxy) is 2. The van der Waals surface area contributed by atoms with Crippen molar-refractivity contribution >= 4 is 45.8 Å². The van der Waals surface area contributed by atoms with Crippen LogP contribution in [0.3, 0.4) is 0 Å². The first-order chi connectivity index (χ1) is 17.1. The molecule has 0 aliphatic heterocycles. The van der Waals surface area contributed by atoms with Gasteiger partial charge in [0.05, 0.1) is 27.2 Å². The Balaban J connectivity index is 1.49. The second-order valence-corrected chi connectivity index (χ2v) is 9.64. The lowest BCUT2D eigenvalue weighted by molar-refractivity contribution is -0.274. The molecule has 0 saturated heterocycles. The zero-order valence-corrected chi connectivity index (χ0v) is 20.6. The van der Waals surface area contributed by atoms with Gasteiger partial charge in [0.1, 0.15) is 28.9 Å². The molecule has 0 radical (unpaired) electrons. The molecule has 1 saturated carbocycles. The van der Waals surface area contributed by atoms with E-state index in [4.69, 9.17) is 39.5 Å². The van der Waals surface area contributed by atoms with Gasteiger partial charge in [0.25, 0.3) is 0 Å². The van der Waals surface area contributed by atoms with Gasteiger partial charge in [-0.25, -0.2) is 4.98 Å². The van der Waals surface area contributed by atoms with Crippen LogP contribution in [0.25, 0.3) is 22.2 Å². The van der Waals surface area contributed by atoms with Gasteiger partial charge in [0.2, 0.25) is 0 Å². The SMILES string of the molecule is OC(c1nc2c(Cl)c(-c3ccccc3OC(F)(F)F)c(Cl)cc2[nH]1)c1ccc(OCC2CC2)cc1Cl. The summed E-state index contributed by atoms with van der Waals surface area (Å²) in [5.74, 6) is 0.859. The predicted molar refractivity (Wildman–Crippen MR) is 132 cm³/mol. The minimum Gasteiger partial charge on any atom is -0.493 e. The van der Waals surface area contributed by atoms with Crippen molar-refractivity contribution in [1.29, 1.82) is 0 Å². The van der Waals surface area contributed by atoms with Gasteiger partial charge in [-0.05, 0) is 43.0 Å². The molecule has 5 nitrogen and oxygen atoms in total. The number of aromatic nitrogens is 2. The van der Waals surface area contributed by atoms with Crippen LogP contribution in [0.2, 0.25) is 15.1 Å². The first kappa shape index (κ1) is 25.0. The topological polar surface area (TPSA) is 67.4 Å². The number of fused-ring (bicyclic) bond motifs is 1. The minimum atomic E-state index is -4.90. The zero-order chi connectivity index (χ0) is 25.6. The lowest BCUT2D eigenvalue weighted by Gasteiger charge is -2.15. The highest BCUT2D eigenvalue weighted by Crippen LogP contribution is 2.44. The van der Waals surface area contributed by atoms with Crippen LogP contribution in [0.4, 0.5) is 13.2 Å². The highest BCUT2D eigenvalue weighted by atomic mass is 35.5. The van der Waals surface area contributed by atoms with Gasteiger partial charge in [0.15, 0.2) is 0 Å². The lowest BCUT2D eigenvalue weighted by atomic mass is 10.0. The quantitative estimate of drug-likeness (QED) is 0.242. The summed E-state index contributed by atoms with van der Waals surface area (Å²) in [4.78, 5) is 7.37. The number of hydrogen-bond donors (Lipinski definition) is 2. The fraction of sp³-hybridized carbons (Fsp3) is 0.240. The van der Waals surface area contributed by atoms with Gasteiger partial charge in [-0.3, -0.25) is 0 Å². The Morgan fingerprint density at radius 3 is 2.50 bits per heavy atom. The highest BCUT2D eigenvalue weighted by molar-refractivity contribution is 6.42. The van der Waals surface area contributed by atoms with Crippen LogP contribution in [-0.4, -0.2) is 28.0 Å². The molecule has 3 aromatic carbocycles. The van der Waals surface area contributed by atoms with Crippen molar-refractivity contribution in [3.8, 4) is 22.6 Å². The molecule has 1 atom stereocenters. The average molecular weight is 558 g/mol. The Kier molecular flexibility index (Phi) is 6.72. The molecule has 1 aliphatic carbocycles. The monoisotopic (exact) mass is 556 g/mol. The number of hydrogen-bond acceptors (Lipinski definition) is 4. The molecule has 11 heteroatoms. The number of aliphatic hydroxyl groups excluding tert-OH is 1. The second kappa shape index (κ2) is 9.67. The van der Waals surface area contributed by atoms with Crippen molar-refractivity contribution in [3.05, 3.63) is 75.0 Å². The van der Waals surface area contributed by atoms with E-state index in [0.29, 0.717) is 34.4 Å². The van der Waals surface area contributed by atoms with E-state index in [1.165, 1.54) is 30.3 Å². The molecule has 188 valence electrons. The fourth-order valence-electron chi connectivity index (χ4n) is 3.83. The molecule has 36 heavy (non-hydrogen) atoms. The summed E-state index contributed by atoms with van der Waals surface area (Å²) in [6, 6.07) is 12.0. The number of halogens is 6. The molecule has 1 unspecified atom stereocenters. The van der Waals surface area contributed by atoms with Gasteiger partial charge in [-0.15, -0.1) is 13.2 Å². The summed E-state index contributed by atoms with van der Waals surface area (Å²) >= 11 is 19.4. The maximum atomic E-state index is 12.9. The summed E-state index contributed by atoms with van der Waals surface area (Å²) in [6.45, 7) is 0.626. The molecule has 1 aliphatic rings. The molecule has 0 bridgehead atoms. The van der Waals surface area contributed by atoms with E-state index in [2.05, 4.69) is 14.7 Å². The normalized spacial score (nSPS) is 14.8. The van der Waals surface area contributed by atoms with Crippen LogP contribution in [0.1, 0.15) is 30.3 Å². The first-order valence-electron chi connectivity index (χ1n) is 10.9. The van der Waals surface area contributed by atoms with Gasteiger partial charge in [-0.2, -0.15) is 0 Å². The maximum absolute atomic E-state index is 12.9. The first-order valence-corrected chi connectivity index (χ1v) is 12.1. The summed E-state index contributed by atoms with van der Waals surface area (Å²) in [5.41, 5.74) is 1.15. The summed E-state index contributed by atoms with van der Waals surface area (Å²) < 4.78 is 48.7. The highest BCUT2D eigenvalue weighted by Gasteiger charge is 2.33. The van der Waals surface area contributed by atoms with E-state index in [0.717, 1.165) is 12.8 Å². The van der Waals surface area contributed by atoms with E-state index in [1.807, 2.05) is 0 Å². The molecule has 0 amide bonds. The summed E-state index contributed by atoms with van der Waals surface area (Å²) in [7, 11) is 0. The minimum absolute atomic E-state index is 0.000320. The Hall–Kier alpha value is -2.65. The molecule has 1 fully saturated rings. The Morgan fingerprint density at radius 1 is 1.06 bits per heavy atom. The third kappa shape index (κ3) is 5.22. The number of rotatable bonds is 7. The third-order valence-corrected chi connectivity index (χ3v) is 6.77. The molecular weight excluding hydrogens is 540 g/mol. The molecule has 1 heterocycles. The van der Waals surface area contributed by atoms with Crippen LogP contribution in [0.15, 0.2) is 48.5 Å². The van der Waals surface area contributed by atoms with Crippen molar-refractivity contribution in [1.82, 2.24) is 9.97 Å². The smallest absolute Gasteiger partial charge is 0.493 e. The van der Waals surface area contributed by atoms with Crippen LogP contribution in [0, 0.1) is 5.92 Å². The maximum Gasteiger partial charge on any atom is 0.573 e. The van der Waals surface area contributed by atoms with E-state index >= 15 is 0 Å². The largest absolute Gasteiger partial charge is 0.573 e. The number of aliphatic hydroxyl groups is 1. The number of benzene rings is 3. The van der Waals surface area contributed by atoms with Gasteiger partial charge >= 0.3 is 6.36 Å². The molecule has 5 rings (SSSR count). The second-order valence-electron chi connectivity index (χ2n) is 8.45. The number of para-hydroxylation sites is 1. The summed E-state index contributed by atoms with van der Waals surface area (Å²) in [5, 5.41) is 11.3. The van der Waals surface area contributed by atoms with E-state index < -0.39 is 18.2 Å². The van der Waals surface area contributed by atoms with E-state index in [9.17, 15) is 18.3 Å². The van der Waals surface area contributed by atoms with Crippen LogP contribution in [-0.2, 0) is 0 Å². The van der Waals surface area contributed by atoms with Crippen LogP contribution < -0.4 is 9.47 Å². The fourth-order valence-corrected chi connectivity index (χ4v) is 4.80. The number of aromatic amines is 1. The lowest BCUT2D eigenvalue weighted by Crippen LogP contribution is -2.17. The Labute approximate surface area is 218 Å². The van der Waals surface area contributed by atoms with Crippen molar-refractivity contribution < 1.29 is 27.8 Å². The van der Waals surface area contributed by atoms with E-state index in [-0.39, 0.29) is 32.5 Å². The zero-order valence-electron chi connectivity index (χ0n) is 18.4. The molecule has 2 N–H and O–H groups in total. The molecular formula is C25H18Cl3F3N2O3. The van der Waals surface area contributed by atoms with Gasteiger partial charge in [-0.1, -0.05) is 59.1 Å². The standard InChI is InChI=1S/C25H18Cl3F3N2O3/c26-16-9-13(35-11-12-5-6-12)7-8-14(16)23(34)24-32-18-10-17(27)20(21(28)22(18)33-24)15-3-1-2-4-19(15)36-25(29,30)31/h1-4,7-10,12,23,34H,5-6,11H2,(H,32,33). The van der Waals surface area contributed by atoms with E-state index in [1.54, 1.807) is 18.2 Å². The third-order valence-electron chi connectivity index (χ3n) is 5.78. The molecule has 0 spiro atoms. The average Bonchev–Trinajstić information content (AvgIpc) is 3.54. The van der Waals surface area contributed by atoms with Crippen molar-refractivity contribution in [2.24, 2.45) is 5.92 Å². The van der Waals surface area contributed by atoms with Crippen molar-refractivity contribution in [3.63, 3.8) is 0 Å². The van der Waals surface area contributed by atoms with Crippen LogP contribution in [0.5, 0.6) is 11.5 Å². The molecule has 1 aromatic heterocycles. The number of nitrogens with zero attached hydrogens (tertiary/aromatic N) is 1. The Morgan fingerprint density at radius 2 is 1.81 bits per heavy atom. The number of H-pyrrole nitrogens is 1. The molecule has 4 aromatic rings. The van der Waals surface area contributed by atoms with Gasteiger partial charge in [0, 0.05) is 16.7 Å². The van der Waals surface area contributed by atoms with Crippen molar-refractivity contribution in [2.45, 2.75) is 25.3 Å². The van der Waals surface area contributed by atoms with Gasteiger partial charge < -0.3 is 19.6 Å². The Bertz CT molecular complexity index is 1440. The van der Waals surface area contributed by atoms with Crippen molar-refractivity contribution in [2.75, 3.05) is 6.61 Å². The van der Waals surface area contributed by atoms with Crippen LogP contribution >= 0.6 is 34.8 Å². The number of alkyl halides is 3. The number of nitrogens with one attached hydrogen (secondary N) is 1. The number of imidazole rings is 1. The predicted octanol–water partition coefficient (Wildman–Crippen LogP) is 7.96.